The molecule has 1 aromatic carbocycles. The fraction of sp³-hybridized carbons (Fsp3) is 0.385. The average Bonchev–Trinajstić information content (AvgIpc) is 2.07. The zero-order valence-electron chi connectivity index (χ0n) is 8.85. The van der Waals surface area contributed by atoms with Crippen molar-refractivity contribution >= 4 is 0 Å². The van der Waals surface area contributed by atoms with E-state index >= 15 is 0 Å². The summed E-state index contributed by atoms with van der Waals surface area (Å²) in [6.07, 6.45) is 2.23. The molecule has 0 aromatic heterocycles. The minimum atomic E-state index is 1.10. The van der Waals surface area contributed by atoms with Crippen molar-refractivity contribution in [1.29, 1.82) is 0 Å². The van der Waals surface area contributed by atoms with E-state index in [0.717, 1.165) is 12.8 Å². The predicted octanol–water partition coefficient (Wildman–Crippen LogP) is 3.81. The average molecular weight is 174 g/mol. The van der Waals surface area contributed by atoms with Crippen LogP contribution in [-0.4, -0.2) is 0 Å². The van der Waals surface area contributed by atoms with Crippen LogP contribution in [0.4, 0.5) is 0 Å². The summed E-state index contributed by atoms with van der Waals surface area (Å²) in [5.74, 6) is 0. The van der Waals surface area contributed by atoms with Gasteiger partial charge in [0.25, 0.3) is 0 Å². The van der Waals surface area contributed by atoms with Gasteiger partial charge in [-0.2, -0.15) is 0 Å². The number of aryl methyl sites for hydroxylation is 2. The van der Waals surface area contributed by atoms with Crippen LogP contribution in [0.1, 0.15) is 30.0 Å². The zero-order chi connectivity index (χ0) is 9.84. The van der Waals surface area contributed by atoms with Gasteiger partial charge in [0.15, 0.2) is 0 Å². The van der Waals surface area contributed by atoms with Gasteiger partial charge in [-0.15, -0.1) is 6.58 Å². The van der Waals surface area contributed by atoms with Crippen molar-refractivity contribution in [3.63, 3.8) is 0 Å². The van der Waals surface area contributed by atoms with E-state index in [4.69, 9.17) is 0 Å². The molecule has 0 nitrogen and oxygen atoms in total. The van der Waals surface area contributed by atoms with Crippen molar-refractivity contribution in [2.45, 2.75) is 33.6 Å². The lowest BCUT2D eigenvalue weighted by Gasteiger charge is -2.07. The number of allylic oxidation sites excluding steroid dienone is 1. The van der Waals surface area contributed by atoms with Crippen LogP contribution in [-0.2, 0) is 6.42 Å². The van der Waals surface area contributed by atoms with Gasteiger partial charge in [-0.1, -0.05) is 23.8 Å². The summed E-state index contributed by atoms with van der Waals surface area (Å²) < 4.78 is 0. The lowest BCUT2D eigenvalue weighted by Crippen LogP contribution is -1.92. The molecule has 0 aliphatic carbocycles. The van der Waals surface area contributed by atoms with Crippen molar-refractivity contribution < 1.29 is 0 Å². The maximum Gasteiger partial charge on any atom is -0.0239 e. The molecule has 0 heteroatoms. The van der Waals surface area contributed by atoms with Crippen LogP contribution in [0.3, 0.4) is 0 Å². The van der Waals surface area contributed by atoms with Crippen molar-refractivity contribution in [3.8, 4) is 0 Å². The number of rotatable bonds is 3. The SMILES string of the molecule is C=C(C)CCc1cccc(C)c1C. The molecule has 0 aliphatic heterocycles. The molecule has 0 saturated carbocycles. The van der Waals surface area contributed by atoms with Gasteiger partial charge >= 0.3 is 0 Å². The van der Waals surface area contributed by atoms with Gasteiger partial charge < -0.3 is 0 Å². The van der Waals surface area contributed by atoms with Crippen LogP contribution in [0.15, 0.2) is 30.4 Å². The molecule has 0 heterocycles. The van der Waals surface area contributed by atoms with E-state index in [-0.39, 0.29) is 0 Å². The van der Waals surface area contributed by atoms with Crippen LogP contribution in [0.25, 0.3) is 0 Å². The fourth-order valence-corrected chi connectivity index (χ4v) is 1.43. The zero-order valence-corrected chi connectivity index (χ0v) is 8.85. The highest BCUT2D eigenvalue weighted by Gasteiger charge is 1.99. The summed E-state index contributed by atoms with van der Waals surface area (Å²) in [6.45, 7) is 10.4. The Bertz CT molecular complexity index is 308. The second-order valence-corrected chi connectivity index (χ2v) is 3.82. The van der Waals surface area contributed by atoms with Gasteiger partial charge in [-0.25, -0.2) is 0 Å². The summed E-state index contributed by atoms with van der Waals surface area (Å²) >= 11 is 0. The van der Waals surface area contributed by atoms with Crippen LogP contribution >= 0.6 is 0 Å². The Kier molecular flexibility index (Phi) is 3.30. The van der Waals surface area contributed by atoms with E-state index in [9.17, 15) is 0 Å². The highest BCUT2D eigenvalue weighted by atomic mass is 14.0. The van der Waals surface area contributed by atoms with Gasteiger partial charge in [-0.05, 0) is 50.3 Å². The molecule has 0 amide bonds. The van der Waals surface area contributed by atoms with Gasteiger partial charge in [0.2, 0.25) is 0 Å². The quantitative estimate of drug-likeness (QED) is 0.611. The second kappa shape index (κ2) is 4.27. The fourth-order valence-electron chi connectivity index (χ4n) is 1.43. The van der Waals surface area contributed by atoms with Gasteiger partial charge in [-0.3, -0.25) is 0 Å². The topological polar surface area (TPSA) is 0 Å². The second-order valence-electron chi connectivity index (χ2n) is 3.82. The maximum absolute atomic E-state index is 3.92. The molecule has 0 radical (unpaired) electrons. The Labute approximate surface area is 81.3 Å². The Hall–Kier alpha value is -1.04. The largest absolute Gasteiger partial charge is 0.100 e. The van der Waals surface area contributed by atoms with E-state index < -0.39 is 0 Å². The van der Waals surface area contributed by atoms with Crippen LogP contribution in [0, 0.1) is 13.8 Å². The smallest absolute Gasteiger partial charge is 0.0239 e. The molecule has 0 N–H and O–H groups in total. The van der Waals surface area contributed by atoms with Crippen LogP contribution in [0.5, 0.6) is 0 Å². The molecule has 0 atom stereocenters. The molecule has 0 aliphatic rings. The Morgan fingerprint density at radius 2 is 2.00 bits per heavy atom. The third-order valence-corrected chi connectivity index (χ3v) is 2.54. The first-order chi connectivity index (χ1) is 6.11. The Morgan fingerprint density at radius 1 is 1.31 bits per heavy atom. The van der Waals surface area contributed by atoms with Crippen molar-refractivity contribution in [3.05, 3.63) is 47.0 Å². The summed E-state index contributed by atoms with van der Waals surface area (Å²) in [5, 5.41) is 0. The number of benzene rings is 1. The lowest BCUT2D eigenvalue weighted by atomic mass is 9.98. The molecule has 70 valence electrons. The molecule has 0 saturated heterocycles. The molecule has 1 aromatic rings. The minimum absolute atomic E-state index is 1.10. The normalized spacial score (nSPS) is 10.1. The summed E-state index contributed by atoms with van der Waals surface area (Å²) in [6, 6.07) is 6.51. The van der Waals surface area contributed by atoms with Gasteiger partial charge in [0, 0.05) is 0 Å². The lowest BCUT2D eigenvalue weighted by molar-refractivity contribution is 0.933. The van der Waals surface area contributed by atoms with E-state index in [1.807, 2.05) is 0 Å². The highest BCUT2D eigenvalue weighted by Crippen LogP contribution is 2.15. The van der Waals surface area contributed by atoms with E-state index in [1.165, 1.54) is 22.3 Å². The number of hydrogen-bond donors (Lipinski definition) is 0. The van der Waals surface area contributed by atoms with E-state index in [0.29, 0.717) is 0 Å². The monoisotopic (exact) mass is 174 g/mol. The van der Waals surface area contributed by atoms with Crippen molar-refractivity contribution in [1.82, 2.24) is 0 Å². The summed E-state index contributed by atoms with van der Waals surface area (Å²) in [4.78, 5) is 0. The molecule has 1 rings (SSSR count). The van der Waals surface area contributed by atoms with E-state index in [1.54, 1.807) is 0 Å². The standard InChI is InChI=1S/C13H18/c1-10(2)8-9-13-7-5-6-11(3)12(13)4/h5-7H,1,8-9H2,2-4H3. The Balaban J connectivity index is 2.77. The Morgan fingerprint density at radius 3 is 2.62 bits per heavy atom. The molecule has 13 heavy (non-hydrogen) atoms. The molecule has 0 bridgehead atoms. The first kappa shape index (κ1) is 10.0. The molecular weight excluding hydrogens is 156 g/mol. The highest BCUT2D eigenvalue weighted by molar-refractivity contribution is 5.33. The third-order valence-electron chi connectivity index (χ3n) is 2.54. The minimum Gasteiger partial charge on any atom is -0.100 e. The van der Waals surface area contributed by atoms with Crippen LogP contribution < -0.4 is 0 Å². The molecule has 0 unspecified atom stereocenters. The van der Waals surface area contributed by atoms with Gasteiger partial charge in [0.1, 0.15) is 0 Å². The first-order valence-corrected chi connectivity index (χ1v) is 4.80. The van der Waals surface area contributed by atoms with Crippen molar-refractivity contribution in [2.24, 2.45) is 0 Å². The first-order valence-electron chi connectivity index (χ1n) is 4.80. The van der Waals surface area contributed by atoms with Crippen molar-refractivity contribution in [2.75, 3.05) is 0 Å². The summed E-state index contributed by atoms with van der Waals surface area (Å²) in [7, 11) is 0. The predicted molar refractivity (Wildman–Crippen MR) is 59.1 cm³/mol. The molecule has 0 fully saturated rings. The third kappa shape index (κ3) is 2.73. The molecular formula is C13H18. The van der Waals surface area contributed by atoms with E-state index in [2.05, 4.69) is 45.5 Å². The van der Waals surface area contributed by atoms with Crippen LogP contribution in [0.2, 0.25) is 0 Å². The maximum atomic E-state index is 3.92. The number of hydrogen-bond acceptors (Lipinski definition) is 0. The molecule has 0 spiro atoms. The summed E-state index contributed by atoms with van der Waals surface area (Å²) in [5.41, 5.74) is 5.55. The van der Waals surface area contributed by atoms with Gasteiger partial charge in [0.05, 0.1) is 0 Å².